The van der Waals surface area contributed by atoms with Crippen molar-refractivity contribution in [2.75, 3.05) is 0 Å². The summed E-state index contributed by atoms with van der Waals surface area (Å²) < 4.78 is 5.34. The highest BCUT2D eigenvalue weighted by molar-refractivity contribution is 6.42. The van der Waals surface area contributed by atoms with Crippen molar-refractivity contribution in [1.82, 2.24) is 9.97 Å². The van der Waals surface area contributed by atoms with Crippen molar-refractivity contribution in [2.45, 2.75) is 0 Å². The fraction of sp³-hybridized carbons (Fsp3) is 0. The predicted octanol–water partition coefficient (Wildman–Crippen LogP) is 3.45. The summed E-state index contributed by atoms with van der Waals surface area (Å²) in [5.74, 6) is 0.342. The fourth-order valence-electron chi connectivity index (χ4n) is 1.11. The molecule has 0 N–H and O–H groups in total. The summed E-state index contributed by atoms with van der Waals surface area (Å²) in [6, 6.07) is 8.39. The zero-order chi connectivity index (χ0) is 12.3. The number of ether oxygens (including phenoxy) is 1. The molecule has 0 spiro atoms. The van der Waals surface area contributed by atoms with Crippen LogP contribution in [0.1, 0.15) is 5.69 Å². The lowest BCUT2D eigenvalue weighted by Gasteiger charge is -2.06. The Morgan fingerprint density at radius 2 is 2.06 bits per heavy atom. The van der Waals surface area contributed by atoms with Crippen LogP contribution in [0.25, 0.3) is 0 Å². The van der Waals surface area contributed by atoms with Gasteiger partial charge in [-0.3, -0.25) is 0 Å². The van der Waals surface area contributed by atoms with Gasteiger partial charge < -0.3 is 4.74 Å². The van der Waals surface area contributed by atoms with E-state index >= 15 is 0 Å². The molecule has 0 radical (unpaired) electrons. The average molecular weight is 266 g/mol. The summed E-state index contributed by atoms with van der Waals surface area (Å²) in [4.78, 5) is 7.73. The summed E-state index contributed by atoms with van der Waals surface area (Å²) in [6.45, 7) is 0. The summed E-state index contributed by atoms with van der Waals surface area (Å²) in [5.41, 5.74) is 0.216. The molecule has 0 atom stereocenters. The highest BCUT2D eigenvalue weighted by Gasteiger charge is 2.08. The Kier molecular flexibility index (Phi) is 3.43. The highest BCUT2D eigenvalue weighted by atomic mass is 35.5. The van der Waals surface area contributed by atoms with Crippen LogP contribution < -0.4 is 4.74 Å². The summed E-state index contributed by atoms with van der Waals surface area (Å²) >= 11 is 11.8. The molecular weight excluding hydrogens is 261 g/mol. The van der Waals surface area contributed by atoms with Crippen LogP contribution in [0.5, 0.6) is 11.8 Å². The Labute approximate surface area is 107 Å². The van der Waals surface area contributed by atoms with Crippen LogP contribution in [-0.4, -0.2) is 9.97 Å². The average Bonchev–Trinajstić information content (AvgIpc) is 2.35. The molecule has 2 rings (SSSR count). The van der Waals surface area contributed by atoms with Crippen molar-refractivity contribution in [1.29, 1.82) is 5.26 Å². The molecule has 0 amide bonds. The van der Waals surface area contributed by atoms with Crippen LogP contribution in [0.15, 0.2) is 30.5 Å². The molecule has 2 aromatic rings. The van der Waals surface area contributed by atoms with E-state index < -0.39 is 0 Å². The number of hydrogen-bond donors (Lipinski definition) is 0. The molecule has 0 bridgehead atoms. The first-order valence-electron chi connectivity index (χ1n) is 4.55. The summed E-state index contributed by atoms with van der Waals surface area (Å²) in [7, 11) is 0. The molecule has 0 unspecified atom stereocenters. The molecule has 17 heavy (non-hydrogen) atoms. The fourth-order valence-corrected chi connectivity index (χ4v) is 1.44. The number of rotatable bonds is 2. The van der Waals surface area contributed by atoms with E-state index in [1.54, 1.807) is 18.2 Å². The predicted molar refractivity (Wildman–Crippen MR) is 63.3 cm³/mol. The standard InChI is InChI=1S/C11H5Cl2N3O/c12-8-2-1-3-9(10(8)13)17-11-15-5-4-7(6-14)16-11/h1-5H. The summed E-state index contributed by atoms with van der Waals surface area (Å²) in [5, 5.41) is 9.34. The maximum absolute atomic E-state index is 8.68. The van der Waals surface area contributed by atoms with Gasteiger partial charge in [-0.05, 0) is 18.2 Å². The van der Waals surface area contributed by atoms with E-state index in [0.717, 1.165) is 0 Å². The van der Waals surface area contributed by atoms with Crippen LogP contribution in [0.3, 0.4) is 0 Å². The quantitative estimate of drug-likeness (QED) is 0.835. The number of benzene rings is 1. The van der Waals surface area contributed by atoms with Crippen molar-refractivity contribution in [3.05, 3.63) is 46.2 Å². The minimum Gasteiger partial charge on any atom is -0.423 e. The zero-order valence-corrected chi connectivity index (χ0v) is 9.90. The molecule has 1 aromatic carbocycles. The van der Waals surface area contributed by atoms with Crippen LogP contribution in [0.2, 0.25) is 10.0 Å². The molecule has 0 aliphatic rings. The van der Waals surface area contributed by atoms with Crippen molar-refractivity contribution in [3.8, 4) is 17.8 Å². The van der Waals surface area contributed by atoms with Gasteiger partial charge in [-0.1, -0.05) is 29.3 Å². The van der Waals surface area contributed by atoms with E-state index in [-0.39, 0.29) is 16.7 Å². The Morgan fingerprint density at radius 3 is 2.82 bits per heavy atom. The van der Waals surface area contributed by atoms with Crippen LogP contribution in [0.4, 0.5) is 0 Å². The Bertz CT molecular complexity index is 596. The maximum Gasteiger partial charge on any atom is 0.323 e. The topological polar surface area (TPSA) is 58.8 Å². The summed E-state index contributed by atoms with van der Waals surface area (Å²) in [6.07, 6.45) is 1.43. The lowest BCUT2D eigenvalue weighted by atomic mass is 10.3. The molecule has 0 saturated carbocycles. The number of halogens is 2. The second-order valence-corrected chi connectivity index (χ2v) is 3.78. The lowest BCUT2D eigenvalue weighted by molar-refractivity contribution is 0.441. The lowest BCUT2D eigenvalue weighted by Crippen LogP contribution is -1.93. The van der Waals surface area contributed by atoms with Gasteiger partial charge in [0.15, 0.2) is 5.75 Å². The maximum atomic E-state index is 8.68. The molecule has 6 heteroatoms. The molecule has 4 nitrogen and oxygen atoms in total. The van der Waals surface area contributed by atoms with E-state index in [0.29, 0.717) is 10.8 Å². The number of nitriles is 1. The molecule has 0 fully saturated rings. The number of aromatic nitrogens is 2. The van der Waals surface area contributed by atoms with Crippen LogP contribution in [0, 0.1) is 11.3 Å². The van der Waals surface area contributed by atoms with Gasteiger partial charge >= 0.3 is 6.01 Å². The van der Waals surface area contributed by atoms with Gasteiger partial charge in [0.05, 0.1) is 5.02 Å². The van der Waals surface area contributed by atoms with Gasteiger partial charge in [0.1, 0.15) is 16.8 Å². The molecule has 0 saturated heterocycles. The third-order valence-electron chi connectivity index (χ3n) is 1.87. The van der Waals surface area contributed by atoms with Gasteiger partial charge in [0.2, 0.25) is 0 Å². The SMILES string of the molecule is N#Cc1ccnc(Oc2cccc(Cl)c2Cl)n1. The van der Waals surface area contributed by atoms with Gasteiger partial charge in [-0.2, -0.15) is 10.2 Å². The molecule has 1 aromatic heterocycles. The van der Waals surface area contributed by atoms with E-state index in [2.05, 4.69) is 9.97 Å². The largest absolute Gasteiger partial charge is 0.423 e. The molecule has 84 valence electrons. The van der Waals surface area contributed by atoms with E-state index in [9.17, 15) is 0 Å². The van der Waals surface area contributed by atoms with E-state index in [1.165, 1.54) is 12.3 Å². The van der Waals surface area contributed by atoms with Crippen molar-refractivity contribution >= 4 is 23.2 Å². The minimum atomic E-state index is 0.0493. The van der Waals surface area contributed by atoms with Gasteiger partial charge in [-0.15, -0.1) is 0 Å². The smallest absolute Gasteiger partial charge is 0.323 e. The Morgan fingerprint density at radius 1 is 1.24 bits per heavy atom. The van der Waals surface area contributed by atoms with E-state index in [1.807, 2.05) is 6.07 Å². The third kappa shape index (κ3) is 2.64. The van der Waals surface area contributed by atoms with Crippen LogP contribution >= 0.6 is 23.2 Å². The first-order chi connectivity index (χ1) is 8.20. The minimum absolute atomic E-state index is 0.0493. The number of hydrogen-bond acceptors (Lipinski definition) is 4. The first kappa shape index (κ1) is 11.6. The van der Waals surface area contributed by atoms with Gasteiger partial charge in [0.25, 0.3) is 0 Å². The molecule has 1 heterocycles. The first-order valence-corrected chi connectivity index (χ1v) is 5.31. The van der Waals surface area contributed by atoms with Gasteiger partial charge in [-0.25, -0.2) is 4.98 Å². The monoisotopic (exact) mass is 265 g/mol. The number of nitrogens with zero attached hydrogens (tertiary/aromatic N) is 3. The highest BCUT2D eigenvalue weighted by Crippen LogP contribution is 2.33. The van der Waals surface area contributed by atoms with Crippen molar-refractivity contribution in [3.63, 3.8) is 0 Å². The normalized spacial score (nSPS) is 9.71. The molecular formula is C11H5Cl2N3O. The van der Waals surface area contributed by atoms with Crippen LogP contribution in [-0.2, 0) is 0 Å². The second kappa shape index (κ2) is 5.00. The Balaban J connectivity index is 2.32. The van der Waals surface area contributed by atoms with Gasteiger partial charge in [0, 0.05) is 6.20 Å². The molecule has 0 aliphatic heterocycles. The van der Waals surface area contributed by atoms with E-state index in [4.69, 9.17) is 33.2 Å². The second-order valence-electron chi connectivity index (χ2n) is 2.99. The third-order valence-corrected chi connectivity index (χ3v) is 2.67. The molecule has 0 aliphatic carbocycles. The van der Waals surface area contributed by atoms with Crippen molar-refractivity contribution in [2.24, 2.45) is 0 Å². The van der Waals surface area contributed by atoms with Crippen molar-refractivity contribution < 1.29 is 4.74 Å². The Hall–Kier alpha value is -1.83. The zero-order valence-electron chi connectivity index (χ0n) is 8.39.